The van der Waals surface area contributed by atoms with Crippen molar-refractivity contribution in [2.75, 3.05) is 6.54 Å². The van der Waals surface area contributed by atoms with Crippen LogP contribution in [0.15, 0.2) is 9.85 Å². The Kier molecular flexibility index (Phi) is 6.97. The maximum Gasteiger partial charge on any atom is 0.0887 e. The minimum Gasteiger partial charge on any atom is -0.310 e. The minimum atomic E-state index is 0.463. The second-order valence-electron chi connectivity index (χ2n) is 3.88. The lowest BCUT2D eigenvalue weighted by Crippen LogP contribution is -2.19. The van der Waals surface area contributed by atoms with E-state index in [1.165, 1.54) is 30.6 Å². The van der Waals surface area contributed by atoms with Gasteiger partial charge in [-0.3, -0.25) is 0 Å². The van der Waals surface area contributed by atoms with Gasteiger partial charge in [-0.15, -0.1) is 11.3 Å². The van der Waals surface area contributed by atoms with E-state index in [0.717, 1.165) is 15.4 Å². The van der Waals surface area contributed by atoms with Crippen LogP contribution in [0.2, 0.25) is 5.02 Å². The highest BCUT2D eigenvalue weighted by Crippen LogP contribution is 2.36. The van der Waals surface area contributed by atoms with Crippen LogP contribution in [0.25, 0.3) is 0 Å². The molecule has 0 radical (unpaired) electrons. The molecule has 0 aliphatic rings. The van der Waals surface area contributed by atoms with Crippen molar-refractivity contribution in [3.63, 3.8) is 0 Å². The van der Waals surface area contributed by atoms with Gasteiger partial charge in [0, 0.05) is 10.9 Å². The van der Waals surface area contributed by atoms with Gasteiger partial charge in [0.1, 0.15) is 0 Å². The molecule has 0 aromatic carbocycles. The largest absolute Gasteiger partial charge is 0.310 e. The number of hydrogen-bond acceptors (Lipinski definition) is 2. The Labute approximate surface area is 116 Å². The summed E-state index contributed by atoms with van der Waals surface area (Å²) in [7, 11) is 0. The Hall–Kier alpha value is 0.430. The molecule has 0 fully saturated rings. The van der Waals surface area contributed by atoms with Gasteiger partial charge in [0.15, 0.2) is 0 Å². The summed E-state index contributed by atoms with van der Waals surface area (Å²) in [5.41, 5.74) is 0. The van der Waals surface area contributed by atoms with Crippen LogP contribution in [0.4, 0.5) is 0 Å². The molecule has 92 valence electrons. The Morgan fingerprint density at radius 2 is 2.19 bits per heavy atom. The maximum absolute atomic E-state index is 6.07. The maximum atomic E-state index is 6.07. The predicted octanol–water partition coefficient (Wildman–Crippen LogP) is 5.39. The number of unbranched alkanes of at least 4 members (excludes halogenated alkanes) is 2. The van der Waals surface area contributed by atoms with E-state index in [1.807, 2.05) is 0 Å². The number of halogens is 2. The van der Waals surface area contributed by atoms with Crippen LogP contribution in [0.3, 0.4) is 0 Å². The molecule has 4 heteroatoms. The average molecular weight is 325 g/mol. The number of nitrogens with one attached hydrogen (secondary N) is 1. The second kappa shape index (κ2) is 7.70. The summed E-state index contributed by atoms with van der Waals surface area (Å²) in [6, 6.07) is 2.54. The van der Waals surface area contributed by atoms with Gasteiger partial charge in [-0.1, -0.05) is 44.7 Å². The van der Waals surface area contributed by atoms with Gasteiger partial charge < -0.3 is 5.32 Å². The Morgan fingerprint density at radius 1 is 1.44 bits per heavy atom. The molecule has 0 spiro atoms. The number of rotatable bonds is 7. The first-order valence-electron chi connectivity index (χ1n) is 5.87. The van der Waals surface area contributed by atoms with Crippen LogP contribution in [-0.2, 0) is 0 Å². The molecule has 0 aliphatic heterocycles. The summed E-state index contributed by atoms with van der Waals surface area (Å²) in [4.78, 5) is 1.34. The molecule has 1 N–H and O–H groups in total. The average Bonchev–Trinajstić information content (AvgIpc) is 2.58. The van der Waals surface area contributed by atoms with E-state index in [4.69, 9.17) is 11.6 Å². The van der Waals surface area contributed by atoms with E-state index in [1.54, 1.807) is 11.3 Å². The highest BCUT2D eigenvalue weighted by molar-refractivity contribution is 9.11. The summed E-state index contributed by atoms with van der Waals surface area (Å²) in [6.07, 6.45) is 5.06. The summed E-state index contributed by atoms with van der Waals surface area (Å²) >= 11 is 11.3. The summed E-state index contributed by atoms with van der Waals surface area (Å²) in [6.45, 7) is 5.39. The van der Waals surface area contributed by atoms with Gasteiger partial charge in [0.05, 0.1) is 8.81 Å². The molecule has 0 saturated heterocycles. The first-order valence-corrected chi connectivity index (χ1v) is 7.85. The third kappa shape index (κ3) is 4.36. The molecule has 16 heavy (non-hydrogen) atoms. The summed E-state index contributed by atoms with van der Waals surface area (Å²) < 4.78 is 1.04. The van der Waals surface area contributed by atoms with Crippen LogP contribution < -0.4 is 5.32 Å². The molecule has 1 atom stereocenters. The fraction of sp³-hybridized carbons (Fsp3) is 0.667. The molecule has 0 amide bonds. The quantitative estimate of drug-likeness (QED) is 0.663. The summed E-state index contributed by atoms with van der Waals surface area (Å²) in [5, 5.41) is 4.36. The molecule has 1 nitrogen and oxygen atoms in total. The van der Waals surface area contributed by atoms with Crippen LogP contribution in [0.1, 0.15) is 50.4 Å². The van der Waals surface area contributed by atoms with Gasteiger partial charge in [-0.2, -0.15) is 0 Å². The zero-order valence-electron chi connectivity index (χ0n) is 9.85. The molecule has 1 heterocycles. The van der Waals surface area contributed by atoms with E-state index >= 15 is 0 Å². The lowest BCUT2D eigenvalue weighted by molar-refractivity contribution is 0.493. The van der Waals surface area contributed by atoms with E-state index in [2.05, 4.69) is 41.2 Å². The molecule has 1 unspecified atom stereocenters. The van der Waals surface area contributed by atoms with Gasteiger partial charge in [-0.25, -0.2) is 0 Å². The normalized spacial score (nSPS) is 13.0. The lowest BCUT2D eigenvalue weighted by Gasteiger charge is -2.15. The molecule has 1 aromatic heterocycles. The van der Waals surface area contributed by atoms with Crippen molar-refractivity contribution in [2.24, 2.45) is 0 Å². The fourth-order valence-corrected chi connectivity index (χ4v) is 3.58. The van der Waals surface area contributed by atoms with Crippen LogP contribution in [0.5, 0.6) is 0 Å². The van der Waals surface area contributed by atoms with Crippen LogP contribution in [0, 0.1) is 0 Å². The predicted molar refractivity (Wildman–Crippen MR) is 77.6 cm³/mol. The van der Waals surface area contributed by atoms with Crippen molar-refractivity contribution in [1.82, 2.24) is 5.32 Å². The first kappa shape index (κ1) is 14.5. The highest BCUT2D eigenvalue weighted by Gasteiger charge is 2.14. The number of hydrogen-bond donors (Lipinski definition) is 1. The van der Waals surface area contributed by atoms with E-state index in [9.17, 15) is 0 Å². The smallest absolute Gasteiger partial charge is 0.0887 e. The van der Waals surface area contributed by atoms with Crippen molar-refractivity contribution in [1.29, 1.82) is 0 Å². The van der Waals surface area contributed by atoms with E-state index < -0.39 is 0 Å². The van der Waals surface area contributed by atoms with E-state index in [0.29, 0.717) is 6.04 Å². The van der Waals surface area contributed by atoms with Crippen molar-refractivity contribution in [3.8, 4) is 0 Å². The number of thiophene rings is 1. The molecule has 0 aliphatic carbocycles. The van der Waals surface area contributed by atoms with Gasteiger partial charge in [0.25, 0.3) is 0 Å². The van der Waals surface area contributed by atoms with Gasteiger partial charge >= 0.3 is 0 Å². The Bertz CT molecular complexity index is 294. The topological polar surface area (TPSA) is 12.0 Å². The Morgan fingerprint density at radius 3 is 2.69 bits per heavy atom. The van der Waals surface area contributed by atoms with Crippen LogP contribution in [-0.4, -0.2) is 6.54 Å². The standard InChI is InChI=1S/C12H19BrClNS/c1-3-5-6-7-10(15-4-2)11-8-9(14)12(13)16-11/h8,10,15H,3-7H2,1-2H3. The van der Waals surface area contributed by atoms with Crippen LogP contribution >= 0.6 is 38.9 Å². The monoisotopic (exact) mass is 323 g/mol. The third-order valence-corrected chi connectivity index (χ3v) is 5.14. The molecular formula is C12H19BrClNS. The molecule has 0 bridgehead atoms. The zero-order chi connectivity index (χ0) is 12.0. The molecule has 0 saturated carbocycles. The van der Waals surface area contributed by atoms with Gasteiger partial charge in [-0.05, 0) is 35.0 Å². The van der Waals surface area contributed by atoms with Crippen molar-refractivity contribution in [3.05, 3.63) is 19.8 Å². The molecule has 1 aromatic rings. The van der Waals surface area contributed by atoms with Crippen molar-refractivity contribution in [2.45, 2.75) is 45.6 Å². The van der Waals surface area contributed by atoms with E-state index in [-0.39, 0.29) is 0 Å². The first-order chi connectivity index (χ1) is 7.69. The van der Waals surface area contributed by atoms with Gasteiger partial charge in [0.2, 0.25) is 0 Å². The molecular weight excluding hydrogens is 306 g/mol. The second-order valence-corrected chi connectivity index (χ2v) is 6.69. The van der Waals surface area contributed by atoms with Crippen molar-refractivity contribution >= 4 is 38.9 Å². The minimum absolute atomic E-state index is 0.463. The lowest BCUT2D eigenvalue weighted by atomic mass is 10.1. The fourth-order valence-electron chi connectivity index (χ4n) is 1.72. The zero-order valence-corrected chi connectivity index (χ0v) is 13.0. The highest BCUT2D eigenvalue weighted by atomic mass is 79.9. The molecule has 1 rings (SSSR count). The third-order valence-electron chi connectivity index (χ3n) is 2.55. The summed E-state index contributed by atoms with van der Waals surface area (Å²) in [5.74, 6) is 0. The Balaban J connectivity index is 2.61. The SMILES string of the molecule is CCCCCC(NCC)c1cc(Cl)c(Br)s1. The van der Waals surface area contributed by atoms with Crippen molar-refractivity contribution < 1.29 is 0 Å².